The van der Waals surface area contributed by atoms with Crippen LogP contribution in [0.5, 0.6) is 0 Å². The first-order chi connectivity index (χ1) is 7.28. The highest BCUT2D eigenvalue weighted by Gasteiger charge is 2.12. The average molecular weight is 221 g/mol. The van der Waals surface area contributed by atoms with Gasteiger partial charge in [-0.15, -0.1) is 0 Å². The molecular formula is C14H23NO. The maximum absolute atomic E-state index is 11.6. The minimum absolute atomic E-state index is 0.103. The lowest BCUT2D eigenvalue weighted by Crippen LogP contribution is -2.22. The largest absolute Gasteiger partial charge is 0.315 e. The second-order valence-electron chi connectivity index (χ2n) is 6.16. The van der Waals surface area contributed by atoms with Crippen LogP contribution in [0.2, 0.25) is 0 Å². The summed E-state index contributed by atoms with van der Waals surface area (Å²) in [7, 11) is 0. The fourth-order valence-electron chi connectivity index (χ4n) is 1.83. The molecule has 0 fully saturated rings. The Morgan fingerprint density at radius 1 is 1.25 bits per heavy atom. The smallest absolute Gasteiger partial charge is 0.250 e. The molecule has 0 amide bonds. The second-order valence-corrected chi connectivity index (χ2v) is 6.16. The van der Waals surface area contributed by atoms with Gasteiger partial charge < -0.3 is 4.57 Å². The molecule has 1 heterocycles. The Labute approximate surface area is 98.3 Å². The molecule has 0 saturated carbocycles. The number of aromatic nitrogens is 1. The highest BCUT2D eigenvalue weighted by atomic mass is 16.1. The van der Waals surface area contributed by atoms with Gasteiger partial charge in [0.25, 0.3) is 5.56 Å². The van der Waals surface area contributed by atoms with Crippen LogP contribution in [0, 0.1) is 11.3 Å². The van der Waals surface area contributed by atoms with Crippen molar-refractivity contribution in [2.24, 2.45) is 11.3 Å². The summed E-state index contributed by atoms with van der Waals surface area (Å²) in [6.45, 7) is 11.7. The number of rotatable bonds is 3. The Balaban J connectivity index is 2.94. The Hall–Kier alpha value is -1.05. The fourth-order valence-corrected chi connectivity index (χ4v) is 1.83. The average Bonchev–Trinajstić information content (AvgIpc) is 2.07. The molecule has 0 atom stereocenters. The third-order valence-corrected chi connectivity index (χ3v) is 2.34. The van der Waals surface area contributed by atoms with Gasteiger partial charge in [0.2, 0.25) is 0 Å². The van der Waals surface area contributed by atoms with Crippen LogP contribution < -0.4 is 5.56 Å². The lowest BCUT2D eigenvalue weighted by atomic mass is 9.89. The van der Waals surface area contributed by atoms with Crippen LogP contribution in [-0.4, -0.2) is 4.57 Å². The van der Waals surface area contributed by atoms with Gasteiger partial charge >= 0.3 is 0 Å². The van der Waals surface area contributed by atoms with E-state index in [2.05, 4.69) is 34.6 Å². The lowest BCUT2D eigenvalue weighted by Gasteiger charge is -2.19. The van der Waals surface area contributed by atoms with Gasteiger partial charge in [-0.3, -0.25) is 4.79 Å². The molecule has 16 heavy (non-hydrogen) atoms. The van der Waals surface area contributed by atoms with Gasteiger partial charge in [-0.2, -0.15) is 0 Å². The molecule has 0 aliphatic rings. The summed E-state index contributed by atoms with van der Waals surface area (Å²) in [4.78, 5) is 11.6. The summed E-state index contributed by atoms with van der Waals surface area (Å²) in [5, 5.41) is 0. The van der Waals surface area contributed by atoms with Gasteiger partial charge in [0, 0.05) is 18.8 Å². The molecule has 0 bridgehead atoms. The molecule has 0 aliphatic carbocycles. The standard InChI is InChI=1S/C14H23NO/c1-11(2)9-15-10-12(6-7-13(15)16)8-14(3,4)5/h6-7,10-11H,8-9H2,1-5H3. The van der Waals surface area contributed by atoms with E-state index in [-0.39, 0.29) is 11.0 Å². The van der Waals surface area contributed by atoms with Crippen LogP contribution in [0.25, 0.3) is 0 Å². The van der Waals surface area contributed by atoms with Gasteiger partial charge in [0.05, 0.1) is 0 Å². The third-order valence-electron chi connectivity index (χ3n) is 2.34. The zero-order valence-corrected chi connectivity index (χ0v) is 11.1. The molecular weight excluding hydrogens is 198 g/mol. The predicted octanol–water partition coefficient (Wildman–Crippen LogP) is 3.09. The van der Waals surface area contributed by atoms with Crippen LogP contribution in [0.4, 0.5) is 0 Å². The summed E-state index contributed by atoms with van der Waals surface area (Å²) < 4.78 is 1.83. The molecule has 0 unspecified atom stereocenters. The molecule has 0 aromatic carbocycles. The Morgan fingerprint density at radius 2 is 1.88 bits per heavy atom. The summed E-state index contributed by atoms with van der Waals surface area (Å²) in [6, 6.07) is 3.63. The SMILES string of the molecule is CC(C)Cn1cc(CC(C)(C)C)ccc1=O. The monoisotopic (exact) mass is 221 g/mol. The number of hydrogen-bond acceptors (Lipinski definition) is 1. The molecule has 2 nitrogen and oxygen atoms in total. The zero-order chi connectivity index (χ0) is 12.3. The van der Waals surface area contributed by atoms with Crippen LogP contribution >= 0.6 is 0 Å². The van der Waals surface area contributed by atoms with Gasteiger partial charge in [-0.25, -0.2) is 0 Å². The molecule has 1 aromatic heterocycles. The van der Waals surface area contributed by atoms with E-state index in [0.29, 0.717) is 5.92 Å². The van der Waals surface area contributed by atoms with Crippen LogP contribution in [-0.2, 0) is 13.0 Å². The summed E-state index contributed by atoms with van der Waals surface area (Å²) >= 11 is 0. The van der Waals surface area contributed by atoms with Crippen LogP contribution in [0.15, 0.2) is 23.1 Å². The topological polar surface area (TPSA) is 22.0 Å². The predicted molar refractivity (Wildman–Crippen MR) is 68.7 cm³/mol. The van der Waals surface area contributed by atoms with Crippen molar-refractivity contribution >= 4 is 0 Å². The quantitative estimate of drug-likeness (QED) is 0.768. The van der Waals surface area contributed by atoms with Crippen molar-refractivity contribution in [1.82, 2.24) is 4.57 Å². The lowest BCUT2D eigenvalue weighted by molar-refractivity contribution is 0.408. The molecule has 0 N–H and O–H groups in total. The van der Waals surface area contributed by atoms with E-state index in [9.17, 15) is 4.79 Å². The molecule has 1 rings (SSSR count). The molecule has 90 valence electrons. The first-order valence-electron chi connectivity index (χ1n) is 5.97. The maximum Gasteiger partial charge on any atom is 0.250 e. The minimum Gasteiger partial charge on any atom is -0.315 e. The molecule has 2 heteroatoms. The molecule has 0 radical (unpaired) electrons. The number of hydrogen-bond donors (Lipinski definition) is 0. The Kier molecular flexibility index (Phi) is 3.95. The summed E-state index contributed by atoms with van der Waals surface area (Å²) in [5.41, 5.74) is 1.61. The van der Waals surface area contributed by atoms with Gasteiger partial charge in [0.15, 0.2) is 0 Å². The Morgan fingerprint density at radius 3 is 2.38 bits per heavy atom. The van der Waals surface area contributed by atoms with Crippen molar-refractivity contribution in [2.45, 2.75) is 47.6 Å². The van der Waals surface area contributed by atoms with Crippen molar-refractivity contribution in [2.75, 3.05) is 0 Å². The molecule has 0 spiro atoms. The maximum atomic E-state index is 11.6. The van der Waals surface area contributed by atoms with Crippen LogP contribution in [0.3, 0.4) is 0 Å². The summed E-state index contributed by atoms with van der Waals surface area (Å²) in [6.07, 6.45) is 3.01. The highest BCUT2D eigenvalue weighted by molar-refractivity contribution is 5.11. The van der Waals surface area contributed by atoms with E-state index in [1.54, 1.807) is 6.07 Å². The molecule has 0 aliphatic heterocycles. The van der Waals surface area contributed by atoms with E-state index in [1.165, 1.54) is 5.56 Å². The van der Waals surface area contributed by atoms with Gasteiger partial charge in [-0.05, 0) is 23.3 Å². The Bertz CT molecular complexity index is 396. The van der Waals surface area contributed by atoms with Crippen molar-refractivity contribution in [3.8, 4) is 0 Å². The van der Waals surface area contributed by atoms with Gasteiger partial charge in [-0.1, -0.05) is 40.7 Å². The molecule has 1 aromatic rings. The third kappa shape index (κ3) is 4.21. The van der Waals surface area contributed by atoms with E-state index < -0.39 is 0 Å². The van der Waals surface area contributed by atoms with E-state index in [0.717, 1.165) is 13.0 Å². The first kappa shape index (κ1) is 13.0. The van der Waals surface area contributed by atoms with Crippen molar-refractivity contribution in [3.63, 3.8) is 0 Å². The normalized spacial score (nSPS) is 12.1. The highest BCUT2D eigenvalue weighted by Crippen LogP contribution is 2.19. The summed E-state index contributed by atoms with van der Waals surface area (Å²) in [5.74, 6) is 0.502. The first-order valence-corrected chi connectivity index (χ1v) is 5.97. The zero-order valence-electron chi connectivity index (χ0n) is 11.1. The second kappa shape index (κ2) is 4.86. The number of nitrogens with zero attached hydrogens (tertiary/aromatic N) is 1. The van der Waals surface area contributed by atoms with Crippen molar-refractivity contribution in [1.29, 1.82) is 0 Å². The van der Waals surface area contributed by atoms with E-state index >= 15 is 0 Å². The van der Waals surface area contributed by atoms with Gasteiger partial charge in [0.1, 0.15) is 0 Å². The number of pyridine rings is 1. The van der Waals surface area contributed by atoms with Crippen LogP contribution in [0.1, 0.15) is 40.2 Å². The van der Waals surface area contributed by atoms with Crippen molar-refractivity contribution in [3.05, 3.63) is 34.2 Å². The fraction of sp³-hybridized carbons (Fsp3) is 0.643. The van der Waals surface area contributed by atoms with E-state index in [1.807, 2.05) is 16.8 Å². The minimum atomic E-state index is 0.103. The van der Waals surface area contributed by atoms with E-state index in [4.69, 9.17) is 0 Å². The molecule has 0 saturated heterocycles. The van der Waals surface area contributed by atoms with Crippen molar-refractivity contribution < 1.29 is 0 Å².